The van der Waals surface area contributed by atoms with E-state index in [1.807, 2.05) is 0 Å². The number of halogens is 4. The lowest BCUT2D eigenvalue weighted by Gasteiger charge is -2.14. The molecule has 0 aliphatic rings. The van der Waals surface area contributed by atoms with Gasteiger partial charge in [-0.3, -0.25) is 0 Å². The van der Waals surface area contributed by atoms with E-state index in [1.165, 1.54) is 18.2 Å². The fourth-order valence-corrected chi connectivity index (χ4v) is 1.71. The number of benzene rings is 1. The van der Waals surface area contributed by atoms with Gasteiger partial charge in [0.2, 0.25) is 0 Å². The van der Waals surface area contributed by atoms with E-state index in [0.717, 1.165) is 0 Å². The molecule has 0 spiro atoms. The Morgan fingerprint density at radius 2 is 2.06 bits per heavy atom. The maximum absolute atomic E-state index is 13.0. The molecule has 0 radical (unpaired) electrons. The minimum atomic E-state index is -4.27. The van der Waals surface area contributed by atoms with Gasteiger partial charge in [0, 0.05) is 17.4 Å². The van der Waals surface area contributed by atoms with Crippen LogP contribution in [0.15, 0.2) is 18.2 Å². The molecule has 1 atom stereocenters. The number of hydrogen-bond donors (Lipinski definition) is 1. The van der Waals surface area contributed by atoms with E-state index in [4.69, 9.17) is 10.5 Å². The fraction of sp³-hybridized carbons (Fsp3) is 0.455. The minimum absolute atomic E-state index is 0.116. The highest BCUT2D eigenvalue weighted by Gasteiger charge is 2.27. The second-order valence-corrected chi connectivity index (χ2v) is 4.77. The van der Waals surface area contributed by atoms with E-state index in [2.05, 4.69) is 0 Å². The summed E-state index contributed by atoms with van der Waals surface area (Å²) in [5.41, 5.74) is 1.79. The summed E-state index contributed by atoms with van der Waals surface area (Å²) in [7, 11) is 0. The predicted molar refractivity (Wildman–Crippen MR) is 63.0 cm³/mol. The number of alkyl halides is 3. The maximum Gasteiger partial charge on any atom is 0.441 e. The molecule has 1 unspecified atom stereocenters. The van der Waals surface area contributed by atoms with Crippen molar-refractivity contribution < 1.29 is 22.3 Å². The van der Waals surface area contributed by atoms with Gasteiger partial charge in [0.25, 0.3) is 0 Å². The van der Waals surface area contributed by atoms with Gasteiger partial charge in [-0.15, -0.1) is 0 Å². The standard InChI is InChI=1S/C11H13F4NOS/c1-7(16)9-6-8(12)2-3-10(9)17-4-5-18-11(13,14)15/h2-3,6-7H,4-5,16H2,1H3. The molecule has 0 aliphatic carbocycles. The van der Waals surface area contributed by atoms with Crippen LogP contribution in [0.2, 0.25) is 0 Å². The second-order valence-electron chi connectivity index (χ2n) is 3.61. The number of hydrogen-bond acceptors (Lipinski definition) is 3. The molecule has 0 amide bonds. The third kappa shape index (κ3) is 5.14. The minimum Gasteiger partial charge on any atom is -0.492 e. The fourth-order valence-electron chi connectivity index (χ4n) is 1.32. The Kier molecular flexibility index (Phi) is 5.28. The third-order valence-electron chi connectivity index (χ3n) is 2.07. The van der Waals surface area contributed by atoms with E-state index in [0.29, 0.717) is 11.3 Å². The van der Waals surface area contributed by atoms with Crippen LogP contribution >= 0.6 is 11.8 Å². The molecule has 7 heteroatoms. The Balaban J connectivity index is 2.57. The smallest absolute Gasteiger partial charge is 0.441 e. The Bertz CT molecular complexity index is 395. The summed E-state index contributed by atoms with van der Waals surface area (Å²) in [6.07, 6.45) is 0. The van der Waals surface area contributed by atoms with E-state index < -0.39 is 17.4 Å². The molecular formula is C11H13F4NOS. The zero-order valence-electron chi connectivity index (χ0n) is 9.63. The predicted octanol–water partition coefficient (Wildman–Crippen LogP) is 3.48. The third-order valence-corrected chi connectivity index (χ3v) is 2.77. The topological polar surface area (TPSA) is 35.2 Å². The van der Waals surface area contributed by atoms with Crippen molar-refractivity contribution >= 4 is 11.8 Å². The van der Waals surface area contributed by atoms with E-state index in [-0.39, 0.29) is 24.1 Å². The average molecular weight is 283 g/mol. The summed E-state index contributed by atoms with van der Waals surface area (Å²) in [5.74, 6) is -0.368. The molecule has 0 saturated carbocycles. The molecule has 102 valence electrons. The van der Waals surface area contributed by atoms with Crippen molar-refractivity contribution in [2.75, 3.05) is 12.4 Å². The summed E-state index contributed by atoms with van der Waals surface area (Å²) >= 11 is -0.160. The van der Waals surface area contributed by atoms with Crippen molar-refractivity contribution in [1.29, 1.82) is 0 Å². The van der Waals surface area contributed by atoms with Crippen molar-refractivity contribution in [2.24, 2.45) is 5.73 Å². The summed E-state index contributed by atoms with van der Waals surface area (Å²) in [6, 6.07) is 3.31. The van der Waals surface area contributed by atoms with Crippen molar-refractivity contribution in [3.8, 4) is 5.75 Å². The molecule has 1 aromatic carbocycles. The first-order valence-electron chi connectivity index (χ1n) is 5.18. The van der Waals surface area contributed by atoms with Gasteiger partial charge in [-0.1, -0.05) is 0 Å². The molecule has 2 nitrogen and oxygen atoms in total. The number of thioether (sulfide) groups is 1. The maximum atomic E-state index is 13.0. The number of rotatable bonds is 5. The lowest BCUT2D eigenvalue weighted by atomic mass is 10.1. The molecule has 18 heavy (non-hydrogen) atoms. The van der Waals surface area contributed by atoms with Gasteiger partial charge in [0.1, 0.15) is 11.6 Å². The molecule has 1 aromatic rings. The van der Waals surface area contributed by atoms with Gasteiger partial charge in [-0.25, -0.2) is 4.39 Å². The molecule has 0 aromatic heterocycles. The Morgan fingerprint density at radius 3 is 2.61 bits per heavy atom. The molecule has 0 bridgehead atoms. The lowest BCUT2D eigenvalue weighted by Crippen LogP contribution is -2.11. The second kappa shape index (κ2) is 6.29. The van der Waals surface area contributed by atoms with E-state index in [1.54, 1.807) is 6.92 Å². The van der Waals surface area contributed by atoms with Gasteiger partial charge in [0.15, 0.2) is 0 Å². The summed E-state index contributed by atoms with van der Waals surface area (Å²) in [6.45, 7) is 1.53. The first kappa shape index (κ1) is 15.1. The SMILES string of the molecule is CC(N)c1cc(F)ccc1OCCSC(F)(F)F. The Morgan fingerprint density at radius 1 is 1.39 bits per heavy atom. The van der Waals surface area contributed by atoms with Crippen molar-refractivity contribution in [2.45, 2.75) is 18.5 Å². The quantitative estimate of drug-likeness (QED) is 0.664. The van der Waals surface area contributed by atoms with Crippen LogP contribution in [0.3, 0.4) is 0 Å². The summed E-state index contributed by atoms with van der Waals surface area (Å²) in [4.78, 5) is 0. The highest BCUT2D eigenvalue weighted by Crippen LogP contribution is 2.30. The van der Waals surface area contributed by atoms with E-state index in [9.17, 15) is 17.6 Å². The largest absolute Gasteiger partial charge is 0.492 e. The zero-order valence-corrected chi connectivity index (χ0v) is 10.4. The zero-order chi connectivity index (χ0) is 13.8. The Hall–Kier alpha value is -0.950. The molecule has 2 N–H and O–H groups in total. The molecular weight excluding hydrogens is 270 g/mol. The van der Waals surface area contributed by atoms with Crippen LogP contribution in [0.5, 0.6) is 5.75 Å². The highest BCUT2D eigenvalue weighted by molar-refractivity contribution is 8.00. The first-order chi connectivity index (χ1) is 8.29. The highest BCUT2D eigenvalue weighted by atomic mass is 32.2. The van der Waals surface area contributed by atoms with Crippen LogP contribution < -0.4 is 10.5 Å². The van der Waals surface area contributed by atoms with Crippen LogP contribution in [-0.4, -0.2) is 17.9 Å². The lowest BCUT2D eigenvalue weighted by molar-refractivity contribution is -0.0329. The molecule has 0 heterocycles. The molecule has 0 fully saturated rings. The van der Waals surface area contributed by atoms with Crippen molar-refractivity contribution in [1.82, 2.24) is 0 Å². The van der Waals surface area contributed by atoms with Gasteiger partial charge in [0.05, 0.1) is 6.61 Å². The van der Waals surface area contributed by atoms with Gasteiger partial charge >= 0.3 is 5.51 Å². The number of nitrogens with two attached hydrogens (primary N) is 1. The van der Waals surface area contributed by atoms with Gasteiger partial charge in [-0.2, -0.15) is 13.2 Å². The number of ether oxygens (including phenoxy) is 1. The van der Waals surface area contributed by atoms with Crippen LogP contribution in [-0.2, 0) is 0 Å². The molecule has 0 aliphatic heterocycles. The van der Waals surface area contributed by atoms with Crippen LogP contribution in [0.25, 0.3) is 0 Å². The van der Waals surface area contributed by atoms with Crippen LogP contribution in [0.4, 0.5) is 17.6 Å². The summed E-state index contributed by atoms with van der Waals surface area (Å²) < 4.78 is 53.8. The average Bonchev–Trinajstić information content (AvgIpc) is 2.24. The van der Waals surface area contributed by atoms with E-state index >= 15 is 0 Å². The van der Waals surface area contributed by atoms with Crippen LogP contribution in [0.1, 0.15) is 18.5 Å². The summed E-state index contributed by atoms with van der Waals surface area (Å²) in [5, 5.41) is 0. The van der Waals surface area contributed by atoms with Crippen molar-refractivity contribution in [3.05, 3.63) is 29.6 Å². The van der Waals surface area contributed by atoms with Gasteiger partial charge < -0.3 is 10.5 Å². The molecule has 0 saturated heterocycles. The monoisotopic (exact) mass is 283 g/mol. The molecule has 1 rings (SSSR count). The van der Waals surface area contributed by atoms with Gasteiger partial charge in [-0.05, 0) is 36.9 Å². The van der Waals surface area contributed by atoms with Crippen LogP contribution in [0, 0.1) is 5.82 Å². The van der Waals surface area contributed by atoms with Crippen molar-refractivity contribution in [3.63, 3.8) is 0 Å². The normalized spacial score (nSPS) is 13.4. The Labute approximate surface area is 106 Å². The first-order valence-corrected chi connectivity index (χ1v) is 6.16.